The molecule has 1 saturated heterocycles. The molecule has 0 radical (unpaired) electrons. The van der Waals surface area contributed by atoms with Crippen molar-refractivity contribution in [1.82, 2.24) is 10.2 Å². The van der Waals surface area contributed by atoms with E-state index in [4.69, 9.17) is 4.74 Å². The van der Waals surface area contributed by atoms with Gasteiger partial charge in [0.15, 0.2) is 0 Å². The number of piperazine rings is 1. The quantitative estimate of drug-likeness (QED) is 0.811. The van der Waals surface area contributed by atoms with Gasteiger partial charge in [-0.25, -0.2) is 0 Å². The molecule has 0 spiro atoms. The lowest BCUT2D eigenvalue weighted by Gasteiger charge is -2.44. The van der Waals surface area contributed by atoms with Gasteiger partial charge in [-0.1, -0.05) is 18.2 Å². The van der Waals surface area contributed by atoms with Crippen LogP contribution in [0.3, 0.4) is 0 Å². The van der Waals surface area contributed by atoms with E-state index in [0.717, 1.165) is 32.8 Å². The first kappa shape index (κ1) is 16.3. The Hall–Kier alpha value is -1.10. The highest BCUT2D eigenvalue weighted by Crippen LogP contribution is 2.25. The van der Waals surface area contributed by atoms with E-state index in [1.54, 1.807) is 7.11 Å². The third-order valence-electron chi connectivity index (χ3n) is 4.49. The first-order chi connectivity index (χ1) is 10.1. The average Bonchev–Trinajstić information content (AvgIpc) is 2.49. The Morgan fingerprint density at radius 3 is 2.52 bits per heavy atom. The number of methoxy groups -OCH3 is 1. The van der Waals surface area contributed by atoms with E-state index >= 15 is 0 Å². The van der Waals surface area contributed by atoms with E-state index in [-0.39, 0.29) is 0 Å². The van der Waals surface area contributed by atoms with Gasteiger partial charge in [0.25, 0.3) is 0 Å². The molecule has 2 rings (SSSR count). The highest BCUT2D eigenvalue weighted by molar-refractivity contribution is 5.54. The van der Waals surface area contributed by atoms with Gasteiger partial charge in [-0.15, -0.1) is 0 Å². The van der Waals surface area contributed by atoms with E-state index in [1.165, 1.54) is 11.3 Å². The van der Waals surface area contributed by atoms with Gasteiger partial charge in [-0.2, -0.15) is 0 Å². The summed E-state index contributed by atoms with van der Waals surface area (Å²) < 4.78 is 5.09. The Bertz CT molecular complexity index is 426. The lowest BCUT2D eigenvalue weighted by atomic mass is 10.1. The van der Waals surface area contributed by atoms with Crippen LogP contribution in [0, 0.1) is 0 Å². The molecule has 2 unspecified atom stereocenters. The maximum Gasteiger partial charge on any atom is 0.0587 e. The lowest BCUT2D eigenvalue weighted by Crippen LogP contribution is -2.55. The normalized spacial score (nSPS) is 23.5. The fraction of sp³-hybridized carbons (Fsp3) is 0.647. The molecule has 1 N–H and O–H groups in total. The highest BCUT2D eigenvalue weighted by Gasteiger charge is 2.27. The summed E-state index contributed by atoms with van der Waals surface area (Å²) >= 11 is 0. The maximum absolute atomic E-state index is 5.09. The first-order valence-corrected chi connectivity index (χ1v) is 7.88. The molecule has 21 heavy (non-hydrogen) atoms. The summed E-state index contributed by atoms with van der Waals surface area (Å²) in [5.41, 5.74) is 2.74. The van der Waals surface area contributed by atoms with Gasteiger partial charge >= 0.3 is 0 Å². The van der Waals surface area contributed by atoms with Crippen molar-refractivity contribution in [3.63, 3.8) is 0 Å². The summed E-state index contributed by atoms with van der Waals surface area (Å²) in [5, 5.41) is 3.45. The van der Waals surface area contributed by atoms with Crippen molar-refractivity contribution in [2.75, 3.05) is 45.3 Å². The van der Waals surface area contributed by atoms with Crippen LogP contribution in [0.4, 0.5) is 5.69 Å². The number of hydrogen-bond donors (Lipinski definition) is 1. The third kappa shape index (κ3) is 4.19. The molecule has 4 nitrogen and oxygen atoms in total. The predicted octanol–water partition coefficient (Wildman–Crippen LogP) is 1.95. The average molecular weight is 291 g/mol. The van der Waals surface area contributed by atoms with Gasteiger partial charge in [-0.3, -0.25) is 4.90 Å². The molecule has 0 saturated carbocycles. The minimum absolute atomic E-state index is 0.586. The fourth-order valence-electron chi connectivity index (χ4n) is 2.97. The monoisotopic (exact) mass is 291 g/mol. The van der Waals surface area contributed by atoms with E-state index in [1.807, 2.05) is 0 Å². The van der Waals surface area contributed by atoms with Gasteiger partial charge in [0.2, 0.25) is 0 Å². The molecule has 118 valence electrons. The maximum atomic E-state index is 5.09. The minimum atomic E-state index is 0.586. The number of ether oxygens (including phenoxy) is 1. The molecule has 1 aliphatic rings. The third-order valence-corrected chi connectivity index (χ3v) is 4.49. The standard InChI is InChI=1S/C17H29N3O/c1-14-12-20(13-15(2)19(14)3)17-8-6-5-7-16(17)11-18-9-10-21-4/h5-8,14-15,18H,9-13H2,1-4H3. The molecule has 1 aromatic rings. The van der Waals surface area contributed by atoms with Gasteiger partial charge in [0, 0.05) is 51.1 Å². The smallest absolute Gasteiger partial charge is 0.0587 e. The van der Waals surface area contributed by atoms with Gasteiger partial charge in [0.05, 0.1) is 6.61 Å². The molecule has 0 aliphatic carbocycles. The molecule has 1 heterocycles. The molecule has 1 fully saturated rings. The fourth-order valence-corrected chi connectivity index (χ4v) is 2.97. The summed E-state index contributed by atoms with van der Waals surface area (Å²) in [5.74, 6) is 0. The summed E-state index contributed by atoms with van der Waals surface area (Å²) in [7, 11) is 3.97. The number of benzene rings is 1. The number of anilines is 1. The number of likely N-dealkylation sites (N-methyl/N-ethyl adjacent to an activating group) is 1. The van der Waals surface area contributed by atoms with Gasteiger partial charge in [-0.05, 0) is 32.5 Å². The number of hydrogen-bond acceptors (Lipinski definition) is 4. The van der Waals surface area contributed by atoms with Crippen LogP contribution in [0.5, 0.6) is 0 Å². The van der Waals surface area contributed by atoms with Crippen LogP contribution in [0.1, 0.15) is 19.4 Å². The molecule has 2 atom stereocenters. The molecule has 0 aromatic heterocycles. The van der Waals surface area contributed by atoms with Crippen molar-refractivity contribution in [3.8, 4) is 0 Å². The van der Waals surface area contributed by atoms with Crippen molar-refractivity contribution < 1.29 is 4.74 Å². The van der Waals surface area contributed by atoms with Crippen molar-refractivity contribution in [3.05, 3.63) is 29.8 Å². The summed E-state index contributed by atoms with van der Waals surface area (Å²) in [6.45, 7) is 9.34. The predicted molar refractivity (Wildman–Crippen MR) is 88.9 cm³/mol. The zero-order valence-electron chi connectivity index (χ0n) is 13.8. The van der Waals surface area contributed by atoms with Crippen molar-refractivity contribution >= 4 is 5.69 Å². The molecule has 0 amide bonds. The molecule has 4 heteroatoms. The number of nitrogens with one attached hydrogen (secondary N) is 1. The molecule has 1 aliphatic heterocycles. The largest absolute Gasteiger partial charge is 0.383 e. The first-order valence-electron chi connectivity index (χ1n) is 7.88. The highest BCUT2D eigenvalue weighted by atomic mass is 16.5. The topological polar surface area (TPSA) is 27.7 Å². The van der Waals surface area contributed by atoms with E-state index < -0.39 is 0 Å². The number of rotatable bonds is 6. The second-order valence-corrected chi connectivity index (χ2v) is 6.07. The van der Waals surface area contributed by atoms with Crippen LogP contribution < -0.4 is 10.2 Å². The minimum Gasteiger partial charge on any atom is -0.383 e. The second-order valence-electron chi connectivity index (χ2n) is 6.07. The molecular formula is C17H29N3O. The zero-order chi connectivity index (χ0) is 15.2. The van der Waals surface area contributed by atoms with Crippen LogP contribution in [-0.4, -0.2) is 57.4 Å². The van der Waals surface area contributed by atoms with Crippen LogP contribution in [-0.2, 0) is 11.3 Å². The van der Waals surface area contributed by atoms with E-state index in [9.17, 15) is 0 Å². The number of nitrogens with zero attached hydrogens (tertiary/aromatic N) is 2. The Balaban J connectivity index is 2.05. The van der Waals surface area contributed by atoms with Crippen molar-refractivity contribution in [1.29, 1.82) is 0 Å². The van der Waals surface area contributed by atoms with E-state index in [2.05, 4.69) is 60.3 Å². The molecular weight excluding hydrogens is 262 g/mol. The zero-order valence-corrected chi connectivity index (χ0v) is 13.8. The second kappa shape index (κ2) is 7.78. The van der Waals surface area contributed by atoms with Crippen LogP contribution in [0.2, 0.25) is 0 Å². The van der Waals surface area contributed by atoms with Crippen molar-refractivity contribution in [2.45, 2.75) is 32.5 Å². The molecule has 0 bridgehead atoms. The Morgan fingerprint density at radius 2 is 1.86 bits per heavy atom. The van der Waals surface area contributed by atoms with Crippen LogP contribution >= 0.6 is 0 Å². The summed E-state index contributed by atoms with van der Waals surface area (Å²) in [6.07, 6.45) is 0. The Labute approximate surface area is 129 Å². The SMILES string of the molecule is COCCNCc1ccccc1N1CC(C)N(C)C(C)C1. The van der Waals surface area contributed by atoms with E-state index in [0.29, 0.717) is 12.1 Å². The lowest BCUT2D eigenvalue weighted by molar-refractivity contribution is 0.170. The summed E-state index contributed by atoms with van der Waals surface area (Å²) in [4.78, 5) is 5.00. The summed E-state index contributed by atoms with van der Waals surface area (Å²) in [6, 6.07) is 9.91. The van der Waals surface area contributed by atoms with Crippen LogP contribution in [0.15, 0.2) is 24.3 Å². The molecule has 1 aromatic carbocycles. The number of para-hydroxylation sites is 1. The van der Waals surface area contributed by atoms with Crippen molar-refractivity contribution in [2.24, 2.45) is 0 Å². The Kier molecular flexibility index (Phi) is 6.03. The Morgan fingerprint density at radius 1 is 1.19 bits per heavy atom. The van der Waals surface area contributed by atoms with Gasteiger partial charge < -0.3 is 15.0 Å². The van der Waals surface area contributed by atoms with Crippen LogP contribution in [0.25, 0.3) is 0 Å². The van der Waals surface area contributed by atoms with Gasteiger partial charge in [0.1, 0.15) is 0 Å².